The summed E-state index contributed by atoms with van der Waals surface area (Å²) in [6.07, 6.45) is 1.16. The van der Waals surface area contributed by atoms with E-state index in [1.807, 2.05) is 12.1 Å². The van der Waals surface area contributed by atoms with Gasteiger partial charge in [-0.15, -0.1) is 6.58 Å². The van der Waals surface area contributed by atoms with Crippen molar-refractivity contribution in [2.45, 2.75) is 12.5 Å². The third-order valence-electron chi connectivity index (χ3n) is 2.17. The Kier molecular flexibility index (Phi) is 1.68. The molecule has 1 rings (SSSR count). The highest BCUT2D eigenvalue weighted by atomic mass is 16.3. The van der Waals surface area contributed by atoms with Crippen LogP contribution in [0.5, 0.6) is 0 Å². The molecule has 2 atom stereocenters. The second-order valence-corrected chi connectivity index (χ2v) is 2.73. The predicted octanol–water partition coefficient (Wildman–Crippen LogP) is 0.587. The fourth-order valence-corrected chi connectivity index (χ4v) is 1.38. The topological polar surface area (TPSA) is 67.8 Å². The van der Waals surface area contributed by atoms with Gasteiger partial charge < -0.3 is 5.11 Å². The monoisotopic (exact) mass is 148 g/mol. The van der Waals surface area contributed by atoms with Crippen LogP contribution in [-0.2, 0) is 0 Å². The Morgan fingerprint density at radius 1 is 1.55 bits per heavy atom. The lowest BCUT2D eigenvalue weighted by Crippen LogP contribution is -2.48. The van der Waals surface area contributed by atoms with E-state index in [-0.39, 0.29) is 12.3 Å². The summed E-state index contributed by atoms with van der Waals surface area (Å²) in [7, 11) is 0. The van der Waals surface area contributed by atoms with Gasteiger partial charge in [-0.3, -0.25) is 0 Å². The molecule has 1 aliphatic carbocycles. The molecule has 2 unspecified atom stereocenters. The highest BCUT2D eigenvalue weighted by Gasteiger charge is 2.53. The van der Waals surface area contributed by atoms with Gasteiger partial charge in [-0.25, -0.2) is 0 Å². The highest BCUT2D eigenvalue weighted by molar-refractivity contribution is 5.27. The van der Waals surface area contributed by atoms with Crippen molar-refractivity contribution in [1.82, 2.24) is 0 Å². The molecule has 1 N–H and O–H groups in total. The fourth-order valence-electron chi connectivity index (χ4n) is 1.38. The van der Waals surface area contributed by atoms with E-state index in [4.69, 9.17) is 15.6 Å². The molecule has 1 aliphatic rings. The first-order valence-electron chi connectivity index (χ1n) is 3.33. The zero-order chi connectivity index (χ0) is 8.48. The Morgan fingerprint density at radius 2 is 2.09 bits per heavy atom. The molecule has 3 heteroatoms. The molecule has 0 bridgehead atoms. The van der Waals surface area contributed by atoms with E-state index < -0.39 is 11.5 Å². The maximum atomic E-state index is 9.13. The van der Waals surface area contributed by atoms with Crippen molar-refractivity contribution in [2.75, 3.05) is 0 Å². The number of hydrogen-bond acceptors (Lipinski definition) is 3. The van der Waals surface area contributed by atoms with Crippen LogP contribution in [0.15, 0.2) is 12.7 Å². The van der Waals surface area contributed by atoms with Crippen LogP contribution in [0, 0.1) is 34.0 Å². The number of nitriles is 2. The molecule has 0 spiro atoms. The summed E-state index contributed by atoms with van der Waals surface area (Å²) in [5.41, 5.74) is -1.01. The molecule has 0 aromatic heterocycles. The number of nitrogens with zero attached hydrogens (tertiary/aromatic N) is 2. The van der Waals surface area contributed by atoms with Crippen molar-refractivity contribution in [3.63, 3.8) is 0 Å². The van der Waals surface area contributed by atoms with Gasteiger partial charge in [-0.1, -0.05) is 6.08 Å². The molecule has 0 aliphatic heterocycles. The molecule has 0 heterocycles. The van der Waals surface area contributed by atoms with Gasteiger partial charge in [0.15, 0.2) is 5.41 Å². The number of hydrogen-bond donors (Lipinski definition) is 1. The lowest BCUT2D eigenvalue weighted by Gasteiger charge is -2.41. The van der Waals surface area contributed by atoms with Gasteiger partial charge in [0.2, 0.25) is 0 Å². The summed E-state index contributed by atoms with van der Waals surface area (Å²) in [4.78, 5) is 0. The van der Waals surface area contributed by atoms with Crippen molar-refractivity contribution in [3.05, 3.63) is 12.7 Å². The lowest BCUT2D eigenvalue weighted by atomic mass is 9.60. The Morgan fingerprint density at radius 3 is 2.27 bits per heavy atom. The highest BCUT2D eigenvalue weighted by Crippen LogP contribution is 2.46. The Bertz CT molecular complexity index is 244. The molecule has 0 saturated heterocycles. The van der Waals surface area contributed by atoms with Crippen molar-refractivity contribution >= 4 is 0 Å². The molecule has 0 aromatic rings. The summed E-state index contributed by atoms with van der Waals surface area (Å²) in [6, 6.07) is 3.81. The molecule has 1 saturated carbocycles. The number of rotatable bonds is 1. The van der Waals surface area contributed by atoms with E-state index in [9.17, 15) is 0 Å². The van der Waals surface area contributed by atoms with Crippen molar-refractivity contribution < 1.29 is 5.11 Å². The summed E-state index contributed by atoms with van der Waals surface area (Å²) in [6.45, 7) is 3.46. The third-order valence-corrected chi connectivity index (χ3v) is 2.17. The van der Waals surface area contributed by atoms with Crippen LogP contribution < -0.4 is 0 Å². The fraction of sp³-hybridized carbons (Fsp3) is 0.500. The SMILES string of the molecule is C=CC1C(O)CC1(C#N)C#N. The Hall–Kier alpha value is -1.32. The van der Waals surface area contributed by atoms with Gasteiger partial charge >= 0.3 is 0 Å². The maximum absolute atomic E-state index is 9.13. The predicted molar refractivity (Wildman–Crippen MR) is 38.0 cm³/mol. The van der Waals surface area contributed by atoms with Crippen molar-refractivity contribution in [1.29, 1.82) is 10.5 Å². The molecule has 0 amide bonds. The van der Waals surface area contributed by atoms with Crippen LogP contribution >= 0.6 is 0 Å². The van der Waals surface area contributed by atoms with Crippen LogP contribution in [0.2, 0.25) is 0 Å². The first kappa shape index (κ1) is 7.78. The molecule has 11 heavy (non-hydrogen) atoms. The van der Waals surface area contributed by atoms with Gasteiger partial charge in [-0.2, -0.15) is 10.5 Å². The van der Waals surface area contributed by atoms with E-state index >= 15 is 0 Å². The molecule has 0 aromatic carbocycles. The van der Waals surface area contributed by atoms with Gasteiger partial charge in [-0.05, 0) is 0 Å². The van der Waals surface area contributed by atoms with E-state index in [0.29, 0.717) is 0 Å². The minimum absolute atomic E-state index is 0.247. The minimum Gasteiger partial charge on any atom is -0.392 e. The number of aliphatic hydroxyl groups excluding tert-OH is 1. The standard InChI is InChI=1S/C8H8N2O/c1-2-6-7(11)3-8(6,4-9)5-10/h2,6-7,11H,1,3H2. The molecule has 3 nitrogen and oxygen atoms in total. The minimum atomic E-state index is -1.01. The summed E-state index contributed by atoms with van der Waals surface area (Å²) >= 11 is 0. The summed E-state index contributed by atoms with van der Waals surface area (Å²) in [5.74, 6) is -0.377. The Balaban J connectivity index is 2.87. The van der Waals surface area contributed by atoms with Gasteiger partial charge in [0.25, 0.3) is 0 Å². The lowest BCUT2D eigenvalue weighted by molar-refractivity contribution is -0.0174. The largest absolute Gasteiger partial charge is 0.392 e. The van der Waals surface area contributed by atoms with Crippen LogP contribution in [0.25, 0.3) is 0 Å². The number of aliphatic hydroxyl groups is 1. The zero-order valence-electron chi connectivity index (χ0n) is 5.99. The first-order chi connectivity index (χ1) is 5.20. The second-order valence-electron chi connectivity index (χ2n) is 2.73. The normalized spacial score (nSPS) is 32.6. The van der Waals surface area contributed by atoms with E-state index in [0.717, 1.165) is 0 Å². The molecular weight excluding hydrogens is 140 g/mol. The van der Waals surface area contributed by atoms with Crippen molar-refractivity contribution in [3.8, 4) is 12.1 Å². The first-order valence-corrected chi connectivity index (χ1v) is 3.33. The molecule has 56 valence electrons. The van der Waals surface area contributed by atoms with Gasteiger partial charge in [0.05, 0.1) is 18.2 Å². The third kappa shape index (κ3) is 0.824. The van der Waals surface area contributed by atoms with Gasteiger partial charge in [0.1, 0.15) is 0 Å². The van der Waals surface area contributed by atoms with E-state index in [1.54, 1.807) is 0 Å². The van der Waals surface area contributed by atoms with Crippen LogP contribution in [0.4, 0.5) is 0 Å². The summed E-state index contributed by atoms with van der Waals surface area (Å²) < 4.78 is 0. The summed E-state index contributed by atoms with van der Waals surface area (Å²) in [5, 5.41) is 26.4. The zero-order valence-corrected chi connectivity index (χ0v) is 5.99. The Labute approximate surface area is 65.2 Å². The van der Waals surface area contributed by atoms with Gasteiger partial charge in [0, 0.05) is 12.3 Å². The van der Waals surface area contributed by atoms with Crippen LogP contribution in [0.3, 0.4) is 0 Å². The quantitative estimate of drug-likeness (QED) is 0.553. The maximum Gasteiger partial charge on any atom is 0.154 e. The van der Waals surface area contributed by atoms with Crippen LogP contribution in [0.1, 0.15) is 6.42 Å². The molecule has 0 radical (unpaired) electrons. The van der Waals surface area contributed by atoms with Crippen LogP contribution in [-0.4, -0.2) is 11.2 Å². The average molecular weight is 148 g/mol. The van der Waals surface area contributed by atoms with Crippen molar-refractivity contribution in [2.24, 2.45) is 11.3 Å². The van der Waals surface area contributed by atoms with E-state index in [2.05, 4.69) is 6.58 Å². The second kappa shape index (κ2) is 2.38. The average Bonchev–Trinajstić information content (AvgIpc) is 2.00. The smallest absolute Gasteiger partial charge is 0.154 e. The van der Waals surface area contributed by atoms with E-state index in [1.165, 1.54) is 6.08 Å². The molecule has 1 fully saturated rings. The molecular formula is C8H8N2O.